The molecule has 4 aliphatic rings. The molecular weight excluding hydrogens is 224 g/mol. The zero-order chi connectivity index (χ0) is 12.3. The Balaban J connectivity index is 1.77. The summed E-state index contributed by atoms with van der Waals surface area (Å²) < 4.78 is 0. The van der Waals surface area contributed by atoms with E-state index in [0.29, 0.717) is 11.8 Å². The van der Waals surface area contributed by atoms with Crippen LogP contribution in [0.4, 0.5) is 0 Å². The Morgan fingerprint density at radius 2 is 1.06 bits per heavy atom. The van der Waals surface area contributed by atoms with E-state index < -0.39 is 0 Å². The van der Waals surface area contributed by atoms with Crippen molar-refractivity contribution in [2.24, 2.45) is 35.5 Å². The molecule has 0 spiro atoms. The third-order valence-electron chi connectivity index (χ3n) is 6.47. The lowest BCUT2D eigenvalue weighted by Gasteiger charge is -2.55. The van der Waals surface area contributed by atoms with Crippen LogP contribution in [0.3, 0.4) is 0 Å². The van der Waals surface area contributed by atoms with Gasteiger partial charge in [0.05, 0.1) is 0 Å². The molecule has 2 nitrogen and oxygen atoms in total. The average molecular weight is 246 g/mol. The molecule has 4 aliphatic carbocycles. The second kappa shape index (κ2) is 3.91. The average Bonchev–Trinajstić information content (AvgIpc) is 2.43. The molecule has 0 aromatic rings. The first-order chi connectivity index (χ1) is 8.77. The molecule has 0 saturated heterocycles. The standard InChI is InChI=1S/C16H22O2/c17-15-11-5-1-3-9-7-8-10-4-2-6-12(16(15)18)14(10)13(9)11/h9-14H,1-8H2. The molecule has 0 bridgehead atoms. The molecule has 0 radical (unpaired) electrons. The Labute approximate surface area is 109 Å². The van der Waals surface area contributed by atoms with Gasteiger partial charge in [0.2, 0.25) is 11.6 Å². The number of carbonyl (C=O) groups is 2. The molecule has 4 fully saturated rings. The normalized spacial score (nSPS) is 50.9. The molecule has 18 heavy (non-hydrogen) atoms. The van der Waals surface area contributed by atoms with Crippen LogP contribution in [0.25, 0.3) is 0 Å². The zero-order valence-corrected chi connectivity index (χ0v) is 10.9. The Morgan fingerprint density at radius 3 is 1.50 bits per heavy atom. The van der Waals surface area contributed by atoms with Crippen LogP contribution in [0.5, 0.6) is 0 Å². The van der Waals surface area contributed by atoms with Crippen molar-refractivity contribution in [1.82, 2.24) is 0 Å². The Kier molecular flexibility index (Phi) is 2.43. The Morgan fingerprint density at radius 1 is 0.611 bits per heavy atom. The topological polar surface area (TPSA) is 34.1 Å². The van der Waals surface area contributed by atoms with Crippen LogP contribution in [-0.4, -0.2) is 11.6 Å². The summed E-state index contributed by atoms with van der Waals surface area (Å²) in [4.78, 5) is 24.7. The van der Waals surface area contributed by atoms with Crippen LogP contribution in [-0.2, 0) is 9.59 Å². The van der Waals surface area contributed by atoms with Crippen molar-refractivity contribution in [3.8, 4) is 0 Å². The minimum atomic E-state index is 0.0218. The largest absolute Gasteiger partial charge is 0.291 e. The van der Waals surface area contributed by atoms with Crippen LogP contribution >= 0.6 is 0 Å². The van der Waals surface area contributed by atoms with E-state index in [0.717, 1.165) is 24.7 Å². The lowest BCUT2D eigenvalue weighted by molar-refractivity contribution is -0.159. The van der Waals surface area contributed by atoms with Gasteiger partial charge in [0.25, 0.3) is 0 Å². The summed E-state index contributed by atoms with van der Waals surface area (Å²) >= 11 is 0. The highest BCUT2D eigenvalue weighted by molar-refractivity contribution is 6.39. The van der Waals surface area contributed by atoms with E-state index in [-0.39, 0.29) is 23.4 Å². The van der Waals surface area contributed by atoms with Gasteiger partial charge in [0.1, 0.15) is 0 Å². The maximum atomic E-state index is 12.3. The quantitative estimate of drug-likeness (QED) is 0.616. The number of rotatable bonds is 0. The molecule has 98 valence electrons. The summed E-state index contributed by atoms with van der Waals surface area (Å²) in [5.41, 5.74) is 0. The molecule has 0 aliphatic heterocycles. The van der Waals surface area contributed by atoms with E-state index >= 15 is 0 Å². The van der Waals surface area contributed by atoms with Gasteiger partial charge >= 0.3 is 0 Å². The highest BCUT2D eigenvalue weighted by Gasteiger charge is 2.57. The van der Waals surface area contributed by atoms with Gasteiger partial charge in [-0.25, -0.2) is 0 Å². The predicted molar refractivity (Wildman–Crippen MR) is 67.9 cm³/mol. The van der Waals surface area contributed by atoms with E-state index in [1.807, 2.05) is 0 Å². The molecule has 2 heteroatoms. The number of hydrogen-bond donors (Lipinski definition) is 0. The molecular formula is C16H22O2. The highest BCUT2D eigenvalue weighted by Crippen LogP contribution is 2.57. The third kappa shape index (κ3) is 1.35. The Bertz CT molecular complexity index is 362. The first kappa shape index (κ1) is 11.2. The van der Waals surface area contributed by atoms with Crippen molar-refractivity contribution in [3.63, 3.8) is 0 Å². The lowest BCUT2D eigenvalue weighted by Crippen LogP contribution is -2.56. The molecule has 4 saturated carbocycles. The molecule has 0 amide bonds. The summed E-state index contributed by atoms with van der Waals surface area (Å²) in [6.45, 7) is 0. The second-order valence-electron chi connectivity index (χ2n) is 7.06. The maximum absolute atomic E-state index is 12.3. The minimum Gasteiger partial charge on any atom is -0.291 e. The second-order valence-corrected chi connectivity index (χ2v) is 7.06. The SMILES string of the molecule is O=C1C(=O)C2CCCC3CCC4CCCC1C4C32. The predicted octanol–water partition coefficient (Wildman–Crippen LogP) is 3.00. The Hall–Kier alpha value is -0.660. The summed E-state index contributed by atoms with van der Waals surface area (Å²) in [6.07, 6.45) is 9.65. The smallest absolute Gasteiger partial charge is 0.202 e. The van der Waals surface area contributed by atoms with Crippen LogP contribution < -0.4 is 0 Å². The fourth-order valence-corrected chi connectivity index (χ4v) is 5.87. The van der Waals surface area contributed by atoms with Gasteiger partial charge in [-0.1, -0.05) is 25.7 Å². The van der Waals surface area contributed by atoms with Crippen molar-refractivity contribution in [3.05, 3.63) is 0 Å². The van der Waals surface area contributed by atoms with Gasteiger partial charge in [0.15, 0.2) is 0 Å². The molecule has 0 aromatic heterocycles. The number of carbonyl (C=O) groups excluding carboxylic acids is 2. The van der Waals surface area contributed by atoms with E-state index in [1.54, 1.807) is 0 Å². The van der Waals surface area contributed by atoms with Gasteiger partial charge in [-0.2, -0.15) is 0 Å². The van der Waals surface area contributed by atoms with Crippen molar-refractivity contribution >= 4 is 11.6 Å². The van der Waals surface area contributed by atoms with Crippen molar-refractivity contribution in [2.45, 2.75) is 51.4 Å². The summed E-state index contributed by atoms with van der Waals surface area (Å²) in [7, 11) is 0. The first-order valence-corrected chi connectivity index (χ1v) is 7.85. The lowest BCUT2D eigenvalue weighted by atomic mass is 9.47. The van der Waals surface area contributed by atoms with Crippen LogP contribution in [0.1, 0.15) is 51.4 Å². The molecule has 6 unspecified atom stereocenters. The van der Waals surface area contributed by atoms with Crippen LogP contribution in [0, 0.1) is 35.5 Å². The molecule has 0 N–H and O–H groups in total. The van der Waals surface area contributed by atoms with Crippen molar-refractivity contribution < 1.29 is 9.59 Å². The van der Waals surface area contributed by atoms with Gasteiger partial charge in [-0.15, -0.1) is 0 Å². The molecule has 4 rings (SSSR count). The summed E-state index contributed by atoms with van der Waals surface area (Å²) in [5.74, 6) is 3.00. The summed E-state index contributed by atoms with van der Waals surface area (Å²) in [5, 5.41) is 0. The van der Waals surface area contributed by atoms with E-state index in [2.05, 4.69) is 0 Å². The number of hydrogen-bond acceptors (Lipinski definition) is 2. The fourth-order valence-electron chi connectivity index (χ4n) is 5.87. The molecule has 0 heterocycles. The maximum Gasteiger partial charge on any atom is 0.202 e. The van der Waals surface area contributed by atoms with E-state index in [4.69, 9.17) is 0 Å². The third-order valence-corrected chi connectivity index (χ3v) is 6.47. The highest BCUT2D eigenvalue weighted by atomic mass is 16.2. The number of Topliss-reactive ketones (excluding diaryl/α,β-unsaturated/α-hetero) is 2. The fraction of sp³-hybridized carbons (Fsp3) is 0.875. The first-order valence-electron chi connectivity index (χ1n) is 7.85. The van der Waals surface area contributed by atoms with Gasteiger partial charge < -0.3 is 0 Å². The molecule has 0 aromatic carbocycles. The van der Waals surface area contributed by atoms with E-state index in [9.17, 15) is 9.59 Å². The molecule has 6 atom stereocenters. The van der Waals surface area contributed by atoms with Crippen LogP contribution in [0.2, 0.25) is 0 Å². The zero-order valence-electron chi connectivity index (χ0n) is 10.9. The van der Waals surface area contributed by atoms with Gasteiger partial charge in [-0.05, 0) is 49.4 Å². The van der Waals surface area contributed by atoms with Crippen LogP contribution in [0.15, 0.2) is 0 Å². The van der Waals surface area contributed by atoms with E-state index in [1.165, 1.54) is 38.5 Å². The summed E-state index contributed by atoms with van der Waals surface area (Å²) in [6, 6.07) is 0. The van der Waals surface area contributed by atoms with Crippen molar-refractivity contribution in [1.29, 1.82) is 0 Å². The van der Waals surface area contributed by atoms with Gasteiger partial charge in [0, 0.05) is 11.8 Å². The monoisotopic (exact) mass is 246 g/mol. The number of ketones is 2. The van der Waals surface area contributed by atoms with Crippen molar-refractivity contribution in [2.75, 3.05) is 0 Å². The minimum absolute atomic E-state index is 0.0218. The van der Waals surface area contributed by atoms with Gasteiger partial charge in [-0.3, -0.25) is 9.59 Å².